The molecule has 0 aliphatic carbocycles. The molecule has 0 amide bonds. The van der Waals surface area contributed by atoms with E-state index in [2.05, 4.69) is 0 Å². The van der Waals surface area contributed by atoms with Crippen LogP contribution in [0.3, 0.4) is 0 Å². The predicted octanol–water partition coefficient (Wildman–Crippen LogP) is -5.64. The van der Waals surface area contributed by atoms with Gasteiger partial charge in [-0.2, -0.15) is 0 Å². The number of hydrogen-bond acceptors (Lipinski definition) is 7. The maximum absolute atomic E-state index is 11.1. The van der Waals surface area contributed by atoms with Gasteiger partial charge >= 0.3 is 59.1 Å². The van der Waals surface area contributed by atoms with E-state index in [9.17, 15) is 31.0 Å². The van der Waals surface area contributed by atoms with Crippen molar-refractivity contribution in [2.45, 2.75) is 9.79 Å². The Labute approximate surface area is 165 Å². The molecule has 102 valence electrons. The Balaban J connectivity index is 0.00000200. The third kappa shape index (κ3) is 4.64. The minimum atomic E-state index is -5.05. The standard InChI is InChI=1S/C10H8O7S2.2Na/c11-7-4-6-2-1-3-8(18(12,13)14)10(6)9(5-7)19(15,16)17;;/h1-5,11H,(H,12,13,14)(H,15,16,17);;/q;2*+1/p-2. The molecule has 2 aromatic rings. The van der Waals surface area contributed by atoms with Gasteiger partial charge in [-0.15, -0.1) is 0 Å². The van der Waals surface area contributed by atoms with Crippen molar-refractivity contribution in [3.63, 3.8) is 0 Å². The Bertz CT molecular complexity index is 876. The van der Waals surface area contributed by atoms with Gasteiger partial charge < -0.3 is 14.2 Å². The van der Waals surface area contributed by atoms with Crippen LogP contribution >= 0.6 is 0 Å². The molecule has 2 aromatic carbocycles. The summed E-state index contributed by atoms with van der Waals surface area (Å²) in [6.07, 6.45) is 0. The summed E-state index contributed by atoms with van der Waals surface area (Å²) in [6, 6.07) is 5.04. The van der Waals surface area contributed by atoms with Crippen molar-refractivity contribution in [2.75, 3.05) is 0 Å². The van der Waals surface area contributed by atoms with Crippen molar-refractivity contribution in [3.05, 3.63) is 30.3 Å². The molecular formula is C10H6Na2O7S2. The minimum absolute atomic E-state index is 0. The van der Waals surface area contributed by atoms with E-state index in [4.69, 9.17) is 0 Å². The van der Waals surface area contributed by atoms with Gasteiger partial charge in [0.2, 0.25) is 0 Å². The fourth-order valence-electron chi connectivity index (χ4n) is 1.75. The maximum atomic E-state index is 11.1. The van der Waals surface area contributed by atoms with Crippen molar-refractivity contribution in [1.82, 2.24) is 0 Å². The van der Waals surface area contributed by atoms with Crippen LogP contribution < -0.4 is 59.1 Å². The summed E-state index contributed by atoms with van der Waals surface area (Å²) in [5, 5.41) is 8.79. The van der Waals surface area contributed by atoms with Gasteiger partial charge in [-0.05, 0) is 23.6 Å². The van der Waals surface area contributed by atoms with Gasteiger partial charge in [0, 0.05) is 5.39 Å². The van der Waals surface area contributed by atoms with Crippen molar-refractivity contribution in [1.29, 1.82) is 0 Å². The maximum Gasteiger partial charge on any atom is 1.00 e. The molecule has 2 rings (SSSR count). The molecule has 0 saturated heterocycles. The molecule has 0 spiro atoms. The first-order chi connectivity index (χ1) is 8.60. The summed E-state index contributed by atoms with van der Waals surface area (Å²) in [7, 11) is -10.0. The van der Waals surface area contributed by atoms with Crippen molar-refractivity contribution < 1.29 is 90.2 Å². The van der Waals surface area contributed by atoms with Crippen LogP contribution in [-0.2, 0) is 20.2 Å². The van der Waals surface area contributed by atoms with E-state index >= 15 is 0 Å². The van der Waals surface area contributed by atoms with Crippen molar-refractivity contribution in [2.24, 2.45) is 0 Å². The molecule has 0 bridgehead atoms. The summed E-state index contributed by atoms with van der Waals surface area (Å²) in [6.45, 7) is 0. The Kier molecular flexibility index (Phi) is 7.37. The minimum Gasteiger partial charge on any atom is -0.744 e. The summed E-state index contributed by atoms with van der Waals surface area (Å²) < 4.78 is 66.6. The molecular weight excluding hydrogens is 342 g/mol. The number of phenols is 1. The average molecular weight is 348 g/mol. The van der Waals surface area contributed by atoms with E-state index in [1.54, 1.807) is 0 Å². The van der Waals surface area contributed by atoms with Gasteiger partial charge in [0.1, 0.15) is 26.0 Å². The van der Waals surface area contributed by atoms with Crippen molar-refractivity contribution >= 4 is 31.0 Å². The predicted molar refractivity (Wildman–Crippen MR) is 61.5 cm³/mol. The summed E-state index contributed by atoms with van der Waals surface area (Å²) >= 11 is 0. The van der Waals surface area contributed by atoms with Crippen molar-refractivity contribution in [3.8, 4) is 5.75 Å². The Morgan fingerprint density at radius 1 is 0.857 bits per heavy atom. The number of hydrogen-bond donors (Lipinski definition) is 1. The Morgan fingerprint density at radius 2 is 1.38 bits per heavy atom. The zero-order valence-electron chi connectivity index (χ0n) is 11.1. The van der Waals surface area contributed by atoms with Crippen LogP contribution in [0, 0.1) is 0 Å². The molecule has 7 nitrogen and oxygen atoms in total. The Hall–Kier alpha value is 0.320. The SMILES string of the molecule is O=S(=O)([O-])c1cccc2cc(O)cc(S(=O)(=O)[O-])c12.[Na+].[Na+]. The molecule has 0 saturated carbocycles. The second-order valence-corrected chi connectivity index (χ2v) is 6.40. The number of phenolic OH excluding ortho intramolecular Hbond substituents is 1. The van der Waals surface area contributed by atoms with Crippen LogP contribution in [0.4, 0.5) is 0 Å². The monoisotopic (exact) mass is 348 g/mol. The van der Waals surface area contributed by atoms with Crippen LogP contribution in [0.5, 0.6) is 5.75 Å². The molecule has 0 aromatic heterocycles. The van der Waals surface area contributed by atoms with Gasteiger partial charge in [0.15, 0.2) is 0 Å². The van der Waals surface area contributed by atoms with Crippen LogP contribution in [0.2, 0.25) is 0 Å². The van der Waals surface area contributed by atoms with Crippen LogP contribution in [0.25, 0.3) is 10.8 Å². The van der Waals surface area contributed by atoms with Crippen LogP contribution in [0.1, 0.15) is 0 Å². The van der Waals surface area contributed by atoms with Gasteiger partial charge in [-0.1, -0.05) is 12.1 Å². The quantitative estimate of drug-likeness (QED) is 0.422. The molecule has 1 N–H and O–H groups in total. The second-order valence-electron chi connectivity index (χ2n) is 3.71. The molecule has 11 heteroatoms. The number of rotatable bonds is 2. The van der Waals surface area contributed by atoms with E-state index in [1.807, 2.05) is 0 Å². The van der Waals surface area contributed by atoms with Gasteiger partial charge in [0.25, 0.3) is 0 Å². The molecule has 0 aliphatic rings. The fraction of sp³-hybridized carbons (Fsp3) is 0. The van der Waals surface area contributed by atoms with Gasteiger partial charge in [-0.25, -0.2) is 16.8 Å². The molecule has 0 unspecified atom stereocenters. The summed E-state index contributed by atoms with van der Waals surface area (Å²) in [5.74, 6) is -0.526. The number of fused-ring (bicyclic) bond motifs is 1. The van der Waals surface area contributed by atoms with Crippen LogP contribution in [0.15, 0.2) is 40.1 Å². The first kappa shape index (κ1) is 21.3. The fourth-order valence-corrected chi connectivity index (χ4v) is 3.28. The van der Waals surface area contributed by atoms with Crippen LogP contribution in [-0.4, -0.2) is 31.0 Å². The van der Waals surface area contributed by atoms with E-state index < -0.39 is 41.2 Å². The second kappa shape index (κ2) is 7.26. The molecule has 0 heterocycles. The zero-order chi connectivity index (χ0) is 14.4. The third-order valence-electron chi connectivity index (χ3n) is 2.43. The van der Waals surface area contributed by atoms with Gasteiger partial charge in [0.05, 0.1) is 9.79 Å². The summed E-state index contributed by atoms with van der Waals surface area (Å²) in [4.78, 5) is -1.77. The third-order valence-corrected chi connectivity index (χ3v) is 4.17. The van der Waals surface area contributed by atoms with E-state index in [1.165, 1.54) is 12.1 Å². The first-order valence-corrected chi connectivity index (χ1v) is 7.60. The van der Waals surface area contributed by atoms with E-state index in [0.717, 1.165) is 12.1 Å². The molecule has 0 fully saturated rings. The smallest absolute Gasteiger partial charge is 0.744 e. The number of benzene rings is 2. The molecule has 0 radical (unpaired) electrons. The van der Waals surface area contributed by atoms with Gasteiger partial charge in [-0.3, -0.25) is 0 Å². The normalized spacial score (nSPS) is 11.5. The Morgan fingerprint density at radius 3 is 1.86 bits per heavy atom. The molecule has 0 aliphatic heterocycles. The topological polar surface area (TPSA) is 135 Å². The molecule has 0 atom stereocenters. The first-order valence-electron chi connectivity index (χ1n) is 4.78. The van der Waals surface area contributed by atoms with E-state index in [-0.39, 0.29) is 64.5 Å². The number of aromatic hydroxyl groups is 1. The van der Waals surface area contributed by atoms with E-state index in [0.29, 0.717) is 6.07 Å². The molecule has 21 heavy (non-hydrogen) atoms. The average Bonchev–Trinajstić information content (AvgIpc) is 2.24. The summed E-state index contributed by atoms with van der Waals surface area (Å²) in [5.41, 5.74) is 0. The largest absolute Gasteiger partial charge is 1.00 e. The zero-order valence-corrected chi connectivity index (χ0v) is 16.7.